The van der Waals surface area contributed by atoms with Crippen LogP contribution in [-0.2, 0) is 4.79 Å². The predicted octanol–water partition coefficient (Wildman–Crippen LogP) is 2.10. The molecule has 0 aliphatic rings. The number of aliphatic carboxylic acids is 1. The number of hydrogen-bond acceptors (Lipinski definition) is 5. The number of carbonyl (C=O) groups is 1. The average molecular weight is 274 g/mol. The molecule has 0 aliphatic heterocycles. The molecule has 2 aromatic heterocycles. The molecule has 6 nitrogen and oxygen atoms in total. The van der Waals surface area contributed by atoms with Crippen LogP contribution in [0.5, 0.6) is 0 Å². The largest absolute Gasteiger partial charge is 0.481 e. The Labute approximate surface area is 117 Å². The van der Waals surface area contributed by atoms with Gasteiger partial charge in [-0.15, -0.1) is 0 Å². The van der Waals surface area contributed by atoms with Gasteiger partial charge in [0.25, 0.3) is 0 Å². The average Bonchev–Trinajstić information content (AvgIpc) is 2.42. The van der Waals surface area contributed by atoms with E-state index in [1.807, 2.05) is 12.1 Å². The van der Waals surface area contributed by atoms with Crippen LogP contribution in [0.4, 0.5) is 5.82 Å². The molecule has 0 atom stereocenters. The van der Waals surface area contributed by atoms with Gasteiger partial charge in [-0.1, -0.05) is 0 Å². The van der Waals surface area contributed by atoms with Gasteiger partial charge in [0.05, 0.1) is 0 Å². The summed E-state index contributed by atoms with van der Waals surface area (Å²) in [5, 5.41) is 8.72. The fourth-order valence-electron chi connectivity index (χ4n) is 2.04. The Bertz CT molecular complexity index is 600. The summed E-state index contributed by atoms with van der Waals surface area (Å²) in [6.45, 7) is 4.77. The van der Waals surface area contributed by atoms with Gasteiger partial charge in [0.2, 0.25) is 0 Å². The van der Waals surface area contributed by atoms with Gasteiger partial charge in [0, 0.05) is 31.4 Å². The second kappa shape index (κ2) is 6.27. The summed E-state index contributed by atoms with van der Waals surface area (Å²) in [6.07, 6.45) is 4.00. The molecule has 0 saturated carbocycles. The van der Waals surface area contributed by atoms with E-state index in [1.54, 1.807) is 12.4 Å². The van der Waals surface area contributed by atoms with Gasteiger partial charge in [0.1, 0.15) is 11.3 Å². The molecule has 0 radical (unpaired) electrons. The van der Waals surface area contributed by atoms with E-state index >= 15 is 0 Å². The molecule has 20 heavy (non-hydrogen) atoms. The van der Waals surface area contributed by atoms with Crippen molar-refractivity contribution in [3.05, 3.63) is 24.5 Å². The lowest BCUT2D eigenvalue weighted by atomic mass is 10.2. The molecule has 0 fully saturated rings. The molecule has 2 rings (SSSR count). The normalized spacial score (nSPS) is 10.9. The summed E-state index contributed by atoms with van der Waals surface area (Å²) in [5.74, 6) is 0.0319. The maximum atomic E-state index is 10.6. The fourth-order valence-corrected chi connectivity index (χ4v) is 2.04. The Hall–Kier alpha value is -2.24. The first-order valence-electron chi connectivity index (χ1n) is 6.64. The first-order valence-corrected chi connectivity index (χ1v) is 6.64. The maximum Gasteiger partial charge on any atom is 0.303 e. The van der Waals surface area contributed by atoms with Crippen molar-refractivity contribution in [3.8, 4) is 0 Å². The topological polar surface area (TPSA) is 79.2 Å². The molecule has 1 N–H and O–H groups in total. The van der Waals surface area contributed by atoms with E-state index < -0.39 is 5.97 Å². The van der Waals surface area contributed by atoms with E-state index in [1.165, 1.54) is 0 Å². The Balaban J connectivity index is 2.20. The van der Waals surface area contributed by atoms with Gasteiger partial charge in [-0.3, -0.25) is 9.78 Å². The molecule has 6 heteroatoms. The molecule has 0 spiro atoms. The molecule has 0 bridgehead atoms. The third-order valence-electron chi connectivity index (χ3n) is 3.02. The Kier molecular flexibility index (Phi) is 4.45. The highest BCUT2D eigenvalue weighted by Crippen LogP contribution is 2.18. The highest BCUT2D eigenvalue weighted by Gasteiger charge is 2.13. The highest BCUT2D eigenvalue weighted by atomic mass is 16.4. The number of pyridine rings is 1. The number of fused-ring (bicyclic) bond motifs is 1. The molecule has 2 aromatic rings. The predicted molar refractivity (Wildman–Crippen MR) is 76.7 cm³/mol. The third-order valence-corrected chi connectivity index (χ3v) is 3.02. The molecule has 0 saturated heterocycles. The van der Waals surface area contributed by atoms with Crippen LogP contribution in [-0.4, -0.2) is 38.6 Å². The first kappa shape index (κ1) is 14.2. The van der Waals surface area contributed by atoms with Crippen molar-refractivity contribution in [2.45, 2.75) is 32.7 Å². The van der Waals surface area contributed by atoms with Crippen molar-refractivity contribution >= 4 is 23.0 Å². The van der Waals surface area contributed by atoms with Crippen LogP contribution in [0.15, 0.2) is 24.5 Å². The minimum absolute atomic E-state index is 0.163. The summed E-state index contributed by atoms with van der Waals surface area (Å²) < 4.78 is 0. The molecule has 0 aromatic carbocycles. The van der Waals surface area contributed by atoms with E-state index in [4.69, 9.17) is 5.11 Å². The quantitative estimate of drug-likeness (QED) is 0.869. The van der Waals surface area contributed by atoms with Gasteiger partial charge in [-0.05, 0) is 32.4 Å². The number of nitrogens with zero attached hydrogens (tertiary/aromatic N) is 4. The van der Waals surface area contributed by atoms with Crippen LogP contribution in [0.3, 0.4) is 0 Å². The molecule has 0 aliphatic carbocycles. The third kappa shape index (κ3) is 3.40. The molecular weight excluding hydrogens is 256 g/mol. The number of hydrogen-bond donors (Lipinski definition) is 1. The van der Waals surface area contributed by atoms with Crippen molar-refractivity contribution < 1.29 is 9.90 Å². The van der Waals surface area contributed by atoms with Crippen molar-refractivity contribution in [1.82, 2.24) is 15.0 Å². The van der Waals surface area contributed by atoms with Gasteiger partial charge in [-0.2, -0.15) is 0 Å². The Morgan fingerprint density at radius 1 is 1.30 bits per heavy atom. The number of aromatic nitrogens is 3. The SMILES string of the molecule is CC(C)N(CCCC(=O)O)c1ccc2nccnc2n1. The minimum atomic E-state index is -0.772. The number of anilines is 1. The van der Waals surface area contributed by atoms with Gasteiger partial charge in [0.15, 0.2) is 5.65 Å². The molecule has 106 valence electrons. The lowest BCUT2D eigenvalue weighted by molar-refractivity contribution is -0.137. The monoisotopic (exact) mass is 274 g/mol. The summed E-state index contributed by atoms with van der Waals surface area (Å²) in [6, 6.07) is 4.03. The zero-order chi connectivity index (χ0) is 14.5. The fraction of sp³-hybridized carbons (Fsp3) is 0.429. The first-order chi connectivity index (χ1) is 9.58. The summed E-state index contributed by atoms with van der Waals surface area (Å²) >= 11 is 0. The maximum absolute atomic E-state index is 10.6. The molecule has 2 heterocycles. The zero-order valence-corrected chi connectivity index (χ0v) is 11.7. The zero-order valence-electron chi connectivity index (χ0n) is 11.7. The standard InChI is InChI=1S/C14H18N4O2/c1-10(2)18(9-3-4-13(19)20)12-6-5-11-14(17-12)16-8-7-15-11/h5-8,10H,3-4,9H2,1-2H3,(H,19,20). The second-order valence-corrected chi connectivity index (χ2v) is 4.85. The smallest absolute Gasteiger partial charge is 0.303 e. The van der Waals surface area contributed by atoms with Gasteiger partial charge >= 0.3 is 5.97 Å². The van der Waals surface area contributed by atoms with Crippen molar-refractivity contribution in [1.29, 1.82) is 0 Å². The minimum Gasteiger partial charge on any atom is -0.481 e. The molecule has 0 amide bonds. The van der Waals surface area contributed by atoms with E-state index in [0.717, 1.165) is 11.3 Å². The van der Waals surface area contributed by atoms with Crippen LogP contribution < -0.4 is 4.90 Å². The van der Waals surface area contributed by atoms with Crippen molar-refractivity contribution in [2.75, 3.05) is 11.4 Å². The van der Waals surface area contributed by atoms with Gasteiger partial charge < -0.3 is 10.0 Å². The van der Waals surface area contributed by atoms with Crippen LogP contribution in [0.25, 0.3) is 11.2 Å². The number of rotatable bonds is 6. The Morgan fingerprint density at radius 2 is 2.05 bits per heavy atom. The second-order valence-electron chi connectivity index (χ2n) is 4.85. The highest BCUT2D eigenvalue weighted by molar-refractivity contribution is 5.71. The Morgan fingerprint density at radius 3 is 2.75 bits per heavy atom. The van der Waals surface area contributed by atoms with Crippen molar-refractivity contribution in [3.63, 3.8) is 0 Å². The molecule has 0 unspecified atom stereocenters. The number of carboxylic acid groups (broad SMARTS) is 1. The van der Waals surface area contributed by atoms with Crippen molar-refractivity contribution in [2.24, 2.45) is 0 Å². The summed E-state index contributed by atoms with van der Waals surface area (Å²) in [4.78, 5) is 25.6. The van der Waals surface area contributed by atoms with E-state index in [2.05, 4.69) is 33.7 Å². The van der Waals surface area contributed by atoms with Crippen LogP contribution >= 0.6 is 0 Å². The number of carboxylic acids is 1. The lowest BCUT2D eigenvalue weighted by Crippen LogP contribution is -2.32. The summed E-state index contributed by atoms with van der Waals surface area (Å²) in [7, 11) is 0. The van der Waals surface area contributed by atoms with Crippen LogP contribution in [0.1, 0.15) is 26.7 Å². The van der Waals surface area contributed by atoms with E-state index in [9.17, 15) is 4.79 Å². The molecular formula is C14H18N4O2. The van der Waals surface area contributed by atoms with Crippen LogP contribution in [0.2, 0.25) is 0 Å². The van der Waals surface area contributed by atoms with E-state index in [-0.39, 0.29) is 12.5 Å². The van der Waals surface area contributed by atoms with Gasteiger partial charge in [-0.25, -0.2) is 9.97 Å². The lowest BCUT2D eigenvalue weighted by Gasteiger charge is -2.27. The summed E-state index contributed by atoms with van der Waals surface area (Å²) in [5.41, 5.74) is 1.36. The van der Waals surface area contributed by atoms with Crippen LogP contribution in [0, 0.1) is 0 Å². The van der Waals surface area contributed by atoms with E-state index in [0.29, 0.717) is 18.6 Å².